The molecule has 0 N–H and O–H groups in total. The van der Waals surface area contributed by atoms with Crippen LogP contribution < -0.4 is 4.74 Å². The first-order valence-electron chi connectivity index (χ1n) is 11.6. The third-order valence-electron chi connectivity index (χ3n) is 7.86. The summed E-state index contributed by atoms with van der Waals surface area (Å²) in [6, 6.07) is 6.26. The average Bonchev–Trinajstić information content (AvgIpc) is 3.02. The Labute approximate surface area is 175 Å². The van der Waals surface area contributed by atoms with E-state index in [9.17, 15) is 9.59 Å². The van der Waals surface area contributed by atoms with Gasteiger partial charge in [-0.15, -0.1) is 0 Å². The standard InChI is InChI=1S/C25H35NO3/c1-4-14-26(15-5-2)24(28)29-18-7-9-19-17(16-18)6-8-21-20(19)12-13-25(3)22(21)10-11-23(25)27/h7,9,16,20-22H,4-6,8,10-15H2,1-3H3/t20-,21-,22+,25+/m1/s1. The van der Waals surface area contributed by atoms with Crippen molar-refractivity contribution in [3.63, 3.8) is 0 Å². The molecule has 0 spiro atoms. The molecule has 1 aromatic carbocycles. The van der Waals surface area contributed by atoms with Crippen LogP contribution in [0.25, 0.3) is 0 Å². The molecule has 158 valence electrons. The molecular formula is C25H35NO3. The van der Waals surface area contributed by atoms with Crippen molar-refractivity contribution in [3.05, 3.63) is 29.3 Å². The van der Waals surface area contributed by atoms with Gasteiger partial charge in [0.1, 0.15) is 11.5 Å². The fourth-order valence-corrected chi connectivity index (χ4v) is 6.39. The maximum atomic E-state index is 12.6. The number of amides is 1. The summed E-state index contributed by atoms with van der Waals surface area (Å²) in [5.74, 6) is 2.91. The van der Waals surface area contributed by atoms with Crippen LogP contribution in [0.2, 0.25) is 0 Å². The Morgan fingerprint density at radius 1 is 1.14 bits per heavy atom. The van der Waals surface area contributed by atoms with E-state index in [0.29, 0.717) is 29.3 Å². The summed E-state index contributed by atoms with van der Waals surface area (Å²) in [4.78, 5) is 26.8. The molecule has 0 radical (unpaired) electrons. The highest BCUT2D eigenvalue weighted by atomic mass is 16.6. The zero-order valence-corrected chi connectivity index (χ0v) is 18.2. The van der Waals surface area contributed by atoms with Crippen molar-refractivity contribution in [2.24, 2.45) is 17.3 Å². The highest BCUT2D eigenvalue weighted by Crippen LogP contribution is 2.59. The number of nitrogens with zero attached hydrogens (tertiary/aromatic N) is 1. The van der Waals surface area contributed by atoms with Crippen LogP contribution >= 0.6 is 0 Å². The number of benzene rings is 1. The number of carbonyl (C=O) groups is 2. The van der Waals surface area contributed by atoms with Crippen molar-refractivity contribution in [1.82, 2.24) is 4.90 Å². The van der Waals surface area contributed by atoms with Crippen LogP contribution in [0.1, 0.15) is 82.8 Å². The first-order valence-corrected chi connectivity index (χ1v) is 11.6. The van der Waals surface area contributed by atoms with Crippen molar-refractivity contribution in [3.8, 4) is 5.75 Å². The Kier molecular flexibility index (Phi) is 5.72. The predicted octanol–water partition coefficient (Wildman–Crippen LogP) is 5.73. The van der Waals surface area contributed by atoms with Crippen molar-refractivity contribution in [2.45, 2.75) is 78.1 Å². The normalized spacial score (nSPS) is 30.3. The third kappa shape index (κ3) is 3.60. The minimum absolute atomic E-state index is 0.0733. The molecule has 0 unspecified atom stereocenters. The largest absolute Gasteiger partial charge is 0.415 e. The number of hydrogen-bond donors (Lipinski definition) is 0. The van der Waals surface area contributed by atoms with Gasteiger partial charge in [0.25, 0.3) is 0 Å². The van der Waals surface area contributed by atoms with Gasteiger partial charge in [-0.2, -0.15) is 0 Å². The molecule has 2 saturated carbocycles. The predicted molar refractivity (Wildman–Crippen MR) is 114 cm³/mol. The lowest BCUT2D eigenvalue weighted by Crippen LogP contribution is -2.42. The number of fused-ring (bicyclic) bond motifs is 5. The molecule has 3 aliphatic carbocycles. The monoisotopic (exact) mass is 397 g/mol. The van der Waals surface area contributed by atoms with E-state index in [-0.39, 0.29) is 11.5 Å². The molecule has 29 heavy (non-hydrogen) atoms. The number of Topliss-reactive ketones (excluding diaryl/α,β-unsaturated/α-hetero) is 1. The van der Waals surface area contributed by atoms with E-state index < -0.39 is 0 Å². The van der Waals surface area contributed by atoms with Gasteiger partial charge < -0.3 is 9.64 Å². The van der Waals surface area contributed by atoms with E-state index in [1.54, 1.807) is 4.90 Å². The second-order valence-corrected chi connectivity index (χ2v) is 9.55. The molecular weight excluding hydrogens is 362 g/mol. The number of carbonyl (C=O) groups excluding carboxylic acids is 2. The maximum absolute atomic E-state index is 12.6. The van der Waals surface area contributed by atoms with Crippen molar-refractivity contribution in [1.29, 1.82) is 0 Å². The highest BCUT2D eigenvalue weighted by Gasteiger charge is 2.54. The van der Waals surface area contributed by atoms with Crippen molar-refractivity contribution in [2.75, 3.05) is 13.1 Å². The first-order chi connectivity index (χ1) is 14.0. The molecule has 4 atom stereocenters. The van der Waals surface area contributed by atoms with E-state index in [1.807, 2.05) is 6.07 Å². The second-order valence-electron chi connectivity index (χ2n) is 9.55. The van der Waals surface area contributed by atoms with E-state index in [2.05, 4.69) is 32.9 Å². The number of hydrogen-bond acceptors (Lipinski definition) is 3. The Morgan fingerprint density at radius 2 is 1.90 bits per heavy atom. The Morgan fingerprint density at radius 3 is 2.62 bits per heavy atom. The molecule has 3 aliphatic rings. The summed E-state index contributed by atoms with van der Waals surface area (Å²) in [5, 5.41) is 0. The van der Waals surface area contributed by atoms with Gasteiger partial charge >= 0.3 is 6.09 Å². The molecule has 4 nitrogen and oxygen atoms in total. The number of ketones is 1. The maximum Gasteiger partial charge on any atom is 0.415 e. The quantitative estimate of drug-likeness (QED) is 0.637. The molecule has 2 fully saturated rings. The van der Waals surface area contributed by atoms with Crippen LogP contribution in [0, 0.1) is 17.3 Å². The van der Waals surface area contributed by atoms with Gasteiger partial charge in [-0.3, -0.25) is 4.79 Å². The van der Waals surface area contributed by atoms with Crippen LogP contribution in [-0.4, -0.2) is 29.9 Å². The van der Waals surface area contributed by atoms with E-state index in [1.165, 1.54) is 11.1 Å². The van der Waals surface area contributed by atoms with Crippen LogP contribution in [0.5, 0.6) is 5.75 Å². The van der Waals surface area contributed by atoms with Gasteiger partial charge in [0.05, 0.1) is 0 Å². The zero-order valence-electron chi connectivity index (χ0n) is 18.2. The Balaban J connectivity index is 1.50. The summed E-state index contributed by atoms with van der Waals surface area (Å²) >= 11 is 0. The van der Waals surface area contributed by atoms with Gasteiger partial charge in [-0.25, -0.2) is 4.79 Å². The van der Waals surface area contributed by atoms with Gasteiger partial charge in [0.15, 0.2) is 0 Å². The van der Waals surface area contributed by atoms with Crippen LogP contribution in [0.4, 0.5) is 4.79 Å². The van der Waals surface area contributed by atoms with Gasteiger partial charge in [0.2, 0.25) is 0 Å². The average molecular weight is 398 g/mol. The van der Waals surface area contributed by atoms with E-state index in [0.717, 1.165) is 64.5 Å². The molecule has 0 bridgehead atoms. The summed E-state index contributed by atoms with van der Waals surface area (Å²) in [6.07, 6.45) is 7.80. The second kappa shape index (κ2) is 8.12. The number of aryl methyl sites for hydroxylation is 1. The molecule has 0 aromatic heterocycles. The van der Waals surface area contributed by atoms with Crippen molar-refractivity contribution < 1.29 is 14.3 Å². The minimum Gasteiger partial charge on any atom is -0.410 e. The number of ether oxygens (including phenoxy) is 1. The van der Waals surface area contributed by atoms with E-state index in [4.69, 9.17) is 4.74 Å². The van der Waals surface area contributed by atoms with Crippen molar-refractivity contribution >= 4 is 11.9 Å². The van der Waals surface area contributed by atoms with Gasteiger partial charge in [0, 0.05) is 24.9 Å². The lowest BCUT2D eigenvalue weighted by atomic mass is 9.55. The van der Waals surface area contributed by atoms with Crippen LogP contribution in [0.3, 0.4) is 0 Å². The molecule has 0 aliphatic heterocycles. The molecule has 1 aromatic rings. The molecule has 4 heteroatoms. The molecule has 0 heterocycles. The van der Waals surface area contributed by atoms with Crippen LogP contribution in [-0.2, 0) is 11.2 Å². The summed E-state index contributed by atoms with van der Waals surface area (Å²) < 4.78 is 5.73. The van der Waals surface area contributed by atoms with Gasteiger partial charge in [-0.1, -0.05) is 26.8 Å². The van der Waals surface area contributed by atoms with E-state index >= 15 is 0 Å². The Bertz CT molecular complexity index is 782. The Hall–Kier alpha value is -1.84. The molecule has 4 rings (SSSR count). The minimum atomic E-state index is -0.236. The highest BCUT2D eigenvalue weighted by molar-refractivity contribution is 5.87. The fraction of sp³-hybridized carbons (Fsp3) is 0.680. The SMILES string of the molecule is CCCN(CCC)C(=O)Oc1ccc2c(c1)CC[C@@H]1[C@@H]2CC[C@]2(C)C(=O)CC[C@@H]12. The third-order valence-corrected chi connectivity index (χ3v) is 7.86. The molecule has 0 saturated heterocycles. The smallest absolute Gasteiger partial charge is 0.410 e. The summed E-state index contributed by atoms with van der Waals surface area (Å²) in [6.45, 7) is 7.86. The zero-order chi connectivity index (χ0) is 20.6. The summed E-state index contributed by atoms with van der Waals surface area (Å²) in [5.41, 5.74) is 2.69. The summed E-state index contributed by atoms with van der Waals surface area (Å²) in [7, 11) is 0. The molecule has 1 amide bonds. The number of rotatable bonds is 5. The topological polar surface area (TPSA) is 46.6 Å². The fourth-order valence-electron chi connectivity index (χ4n) is 6.39. The van der Waals surface area contributed by atoms with Crippen LogP contribution in [0.15, 0.2) is 18.2 Å². The lowest BCUT2D eigenvalue weighted by molar-refractivity contribution is -0.129. The van der Waals surface area contributed by atoms with Gasteiger partial charge in [-0.05, 0) is 86.0 Å². The first kappa shape index (κ1) is 20.4. The lowest BCUT2D eigenvalue weighted by Gasteiger charge is -2.48.